The van der Waals surface area contributed by atoms with E-state index < -0.39 is 0 Å². The number of nitrogens with one attached hydrogen (secondary N) is 2. The maximum absolute atomic E-state index is 11.6. The Morgan fingerprint density at radius 3 is 2.59 bits per heavy atom. The third-order valence-electron chi connectivity index (χ3n) is 2.58. The molecule has 0 radical (unpaired) electrons. The van der Waals surface area contributed by atoms with Crippen LogP contribution in [0.15, 0.2) is 36.9 Å². The molecule has 0 heterocycles. The van der Waals surface area contributed by atoms with Crippen LogP contribution in [-0.2, 0) is 0 Å². The fourth-order valence-corrected chi connectivity index (χ4v) is 1.37. The lowest BCUT2D eigenvalue weighted by Gasteiger charge is -2.13. The van der Waals surface area contributed by atoms with Crippen LogP contribution in [0.4, 0.5) is 5.69 Å². The van der Waals surface area contributed by atoms with E-state index in [-0.39, 0.29) is 5.91 Å². The molecular weight excluding hydrogens is 212 g/mol. The summed E-state index contributed by atoms with van der Waals surface area (Å²) in [7, 11) is 0. The van der Waals surface area contributed by atoms with Gasteiger partial charge in [-0.25, -0.2) is 0 Å². The average Bonchev–Trinajstić information content (AvgIpc) is 2.36. The molecule has 17 heavy (non-hydrogen) atoms. The Morgan fingerprint density at radius 1 is 1.41 bits per heavy atom. The molecule has 0 aliphatic heterocycles. The third kappa shape index (κ3) is 4.31. The minimum Gasteiger partial charge on any atom is -0.383 e. The van der Waals surface area contributed by atoms with E-state index in [0.717, 1.165) is 12.1 Å². The Labute approximate surface area is 103 Å². The molecule has 3 nitrogen and oxygen atoms in total. The molecule has 0 aliphatic rings. The van der Waals surface area contributed by atoms with E-state index in [0.29, 0.717) is 18.2 Å². The molecule has 0 saturated heterocycles. The molecule has 92 valence electrons. The monoisotopic (exact) mass is 232 g/mol. The van der Waals surface area contributed by atoms with E-state index >= 15 is 0 Å². The van der Waals surface area contributed by atoms with Gasteiger partial charge in [0.1, 0.15) is 0 Å². The van der Waals surface area contributed by atoms with Gasteiger partial charge in [-0.2, -0.15) is 0 Å². The minimum absolute atomic E-state index is 0.0695. The number of benzene rings is 1. The van der Waals surface area contributed by atoms with E-state index in [4.69, 9.17) is 0 Å². The van der Waals surface area contributed by atoms with Crippen LogP contribution in [0.3, 0.4) is 0 Å². The van der Waals surface area contributed by atoms with Crippen molar-refractivity contribution in [3.05, 3.63) is 42.5 Å². The fraction of sp³-hybridized carbons (Fsp3) is 0.357. The first-order chi connectivity index (χ1) is 8.17. The molecule has 1 aromatic carbocycles. The molecule has 3 heteroatoms. The Hall–Kier alpha value is -1.77. The van der Waals surface area contributed by atoms with Crippen molar-refractivity contribution in [3.8, 4) is 0 Å². The summed E-state index contributed by atoms with van der Waals surface area (Å²) in [5.74, 6) is -0.0695. The van der Waals surface area contributed by atoms with Crippen LogP contribution in [0.5, 0.6) is 0 Å². The van der Waals surface area contributed by atoms with Crippen molar-refractivity contribution >= 4 is 11.6 Å². The summed E-state index contributed by atoms with van der Waals surface area (Å²) >= 11 is 0. The summed E-state index contributed by atoms with van der Waals surface area (Å²) in [6, 6.07) is 7.94. The van der Waals surface area contributed by atoms with Gasteiger partial charge in [-0.05, 0) is 37.6 Å². The molecule has 1 atom stereocenters. The Balaban J connectivity index is 2.61. The van der Waals surface area contributed by atoms with Crippen LogP contribution < -0.4 is 10.6 Å². The highest BCUT2D eigenvalue weighted by Gasteiger charge is 2.04. The molecular formula is C14H20N2O. The number of carbonyl (C=O) groups excluding carboxylic acids is 1. The van der Waals surface area contributed by atoms with Gasteiger partial charge in [-0.3, -0.25) is 4.79 Å². The fourth-order valence-electron chi connectivity index (χ4n) is 1.37. The number of amides is 1. The summed E-state index contributed by atoms with van der Waals surface area (Å²) < 4.78 is 0. The predicted molar refractivity (Wildman–Crippen MR) is 72.3 cm³/mol. The molecule has 2 N–H and O–H groups in total. The third-order valence-corrected chi connectivity index (χ3v) is 2.58. The molecule has 0 fully saturated rings. The molecule has 0 saturated carbocycles. The van der Waals surface area contributed by atoms with Crippen molar-refractivity contribution in [3.63, 3.8) is 0 Å². The van der Waals surface area contributed by atoms with Crippen LogP contribution in [0.1, 0.15) is 30.6 Å². The average molecular weight is 232 g/mol. The topological polar surface area (TPSA) is 41.1 Å². The number of hydrogen-bond acceptors (Lipinski definition) is 2. The van der Waals surface area contributed by atoms with Gasteiger partial charge in [0.25, 0.3) is 5.91 Å². The van der Waals surface area contributed by atoms with Crippen molar-refractivity contribution in [2.24, 2.45) is 0 Å². The van der Waals surface area contributed by atoms with Crippen molar-refractivity contribution < 1.29 is 4.79 Å². The zero-order valence-electron chi connectivity index (χ0n) is 10.5. The van der Waals surface area contributed by atoms with E-state index in [1.165, 1.54) is 0 Å². The van der Waals surface area contributed by atoms with Crippen LogP contribution in [0, 0.1) is 0 Å². The number of rotatable bonds is 6. The van der Waals surface area contributed by atoms with Crippen molar-refractivity contribution in [1.29, 1.82) is 0 Å². The first kappa shape index (κ1) is 13.3. The summed E-state index contributed by atoms with van der Waals surface area (Å²) in [5, 5.41) is 6.10. The van der Waals surface area contributed by atoms with Crippen LogP contribution >= 0.6 is 0 Å². The molecule has 1 rings (SSSR count). The summed E-state index contributed by atoms with van der Waals surface area (Å²) in [5.41, 5.74) is 1.71. The van der Waals surface area contributed by atoms with Crippen LogP contribution in [0.2, 0.25) is 0 Å². The maximum atomic E-state index is 11.6. The van der Waals surface area contributed by atoms with Gasteiger partial charge in [-0.15, -0.1) is 6.58 Å². The van der Waals surface area contributed by atoms with Gasteiger partial charge < -0.3 is 10.6 Å². The Bertz CT molecular complexity index is 370. The smallest absolute Gasteiger partial charge is 0.251 e. The standard InChI is InChI=1S/C14H20N2O/c1-4-10-15-14(17)12-6-8-13(9-7-12)16-11(3)5-2/h4,6-9,11,16H,1,5,10H2,2-3H3,(H,15,17). The van der Waals surface area contributed by atoms with Crippen LogP contribution in [0.25, 0.3) is 0 Å². The summed E-state index contributed by atoms with van der Waals surface area (Å²) in [4.78, 5) is 11.6. The molecule has 0 aromatic heterocycles. The molecule has 1 aromatic rings. The number of hydrogen-bond donors (Lipinski definition) is 2. The first-order valence-electron chi connectivity index (χ1n) is 5.93. The molecule has 0 bridgehead atoms. The quantitative estimate of drug-likeness (QED) is 0.740. The van der Waals surface area contributed by atoms with Gasteiger partial charge in [0.05, 0.1) is 0 Å². The summed E-state index contributed by atoms with van der Waals surface area (Å²) in [6.07, 6.45) is 2.73. The second-order valence-corrected chi connectivity index (χ2v) is 4.03. The Kier molecular flexibility index (Phi) is 5.27. The van der Waals surface area contributed by atoms with Gasteiger partial charge in [-0.1, -0.05) is 13.0 Å². The van der Waals surface area contributed by atoms with Gasteiger partial charge >= 0.3 is 0 Å². The lowest BCUT2D eigenvalue weighted by atomic mass is 10.1. The van der Waals surface area contributed by atoms with Crippen molar-refractivity contribution in [2.75, 3.05) is 11.9 Å². The lowest BCUT2D eigenvalue weighted by Crippen LogP contribution is -2.23. The van der Waals surface area contributed by atoms with Gasteiger partial charge in [0.15, 0.2) is 0 Å². The minimum atomic E-state index is -0.0695. The van der Waals surface area contributed by atoms with E-state index in [1.807, 2.05) is 24.3 Å². The maximum Gasteiger partial charge on any atom is 0.251 e. The SMILES string of the molecule is C=CCNC(=O)c1ccc(NC(C)CC)cc1. The second kappa shape index (κ2) is 6.74. The zero-order valence-corrected chi connectivity index (χ0v) is 10.5. The van der Waals surface area contributed by atoms with Crippen molar-refractivity contribution in [1.82, 2.24) is 5.32 Å². The predicted octanol–water partition coefficient (Wildman–Crippen LogP) is 2.81. The van der Waals surface area contributed by atoms with Crippen LogP contribution in [-0.4, -0.2) is 18.5 Å². The normalized spacial score (nSPS) is 11.6. The summed E-state index contributed by atoms with van der Waals surface area (Å²) in [6.45, 7) is 8.31. The van der Waals surface area contributed by atoms with Crippen molar-refractivity contribution in [2.45, 2.75) is 26.3 Å². The molecule has 1 amide bonds. The second-order valence-electron chi connectivity index (χ2n) is 4.03. The Morgan fingerprint density at radius 2 is 2.06 bits per heavy atom. The highest BCUT2D eigenvalue weighted by atomic mass is 16.1. The van der Waals surface area contributed by atoms with Gasteiger partial charge in [0, 0.05) is 23.8 Å². The molecule has 0 aliphatic carbocycles. The zero-order chi connectivity index (χ0) is 12.7. The molecule has 0 spiro atoms. The number of anilines is 1. The van der Waals surface area contributed by atoms with E-state index in [1.54, 1.807) is 6.08 Å². The molecule has 1 unspecified atom stereocenters. The highest BCUT2D eigenvalue weighted by Crippen LogP contribution is 2.11. The van der Waals surface area contributed by atoms with Gasteiger partial charge in [0.2, 0.25) is 0 Å². The lowest BCUT2D eigenvalue weighted by molar-refractivity contribution is 0.0958. The first-order valence-corrected chi connectivity index (χ1v) is 5.93. The van der Waals surface area contributed by atoms with E-state index in [9.17, 15) is 4.79 Å². The van der Waals surface area contributed by atoms with E-state index in [2.05, 4.69) is 31.1 Å². The largest absolute Gasteiger partial charge is 0.383 e. The highest BCUT2D eigenvalue weighted by molar-refractivity contribution is 5.94. The number of carbonyl (C=O) groups is 1.